The van der Waals surface area contributed by atoms with E-state index in [1.54, 1.807) is 60.1 Å². The minimum Gasteiger partial charge on any atom is -0.476 e. The van der Waals surface area contributed by atoms with Gasteiger partial charge < -0.3 is 10.5 Å². The Balaban J connectivity index is 1.39. The van der Waals surface area contributed by atoms with Crippen LogP contribution in [-0.4, -0.2) is 42.1 Å². The Kier molecular flexibility index (Phi) is 7.23. The number of primary amides is 1. The topological polar surface area (TPSA) is 129 Å². The molecular weight excluding hydrogens is 609 g/mol. The van der Waals surface area contributed by atoms with Gasteiger partial charge in [0, 0.05) is 17.1 Å². The Morgan fingerprint density at radius 2 is 1.93 bits per heavy atom. The predicted molar refractivity (Wildman–Crippen MR) is 171 cm³/mol. The minimum absolute atomic E-state index is 0.217. The van der Waals surface area contributed by atoms with E-state index in [2.05, 4.69) is 15.1 Å². The molecule has 1 atom stereocenters. The van der Waals surface area contributed by atoms with Crippen LogP contribution in [0.3, 0.4) is 0 Å². The van der Waals surface area contributed by atoms with Gasteiger partial charge in [0.2, 0.25) is 0 Å². The van der Waals surface area contributed by atoms with Crippen LogP contribution in [0.15, 0.2) is 61.1 Å². The van der Waals surface area contributed by atoms with E-state index in [4.69, 9.17) is 27.1 Å². The zero-order chi connectivity index (χ0) is 32.3. The van der Waals surface area contributed by atoms with Gasteiger partial charge in [0.25, 0.3) is 11.8 Å². The lowest BCUT2D eigenvalue weighted by molar-refractivity contribution is -0.132. The maximum Gasteiger partial charge on any atom is 0.271 e. The highest BCUT2D eigenvalue weighted by molar-refractivity contribution is 6.30. The number of anilines is 1. The predicted octanol–water partition coefficient (Wildman–Crippen LogP) is 6.05. The summed E-state index contributed by atoms with van der Waals surface area (Å²) in [6.07, 6.45) is 7.08. The van der Waals surface area contributed by atoms with E-state index in [9.17, 15) is 14.0 Å². The molecule has 10 nitrogen and oxygen atoms in total. The van der Waals surface area contributed by atoms with Gasteiger partial charge in [-0.1, -0.05) is 17.7 Å². The summed E-state index contributed by atoms with van der Waals surface area (Å²) >= 11 is 6.04. The largest absolute Gasteiger partial charge is 0.476 e. The highest BCUT2D eigenvalue weighted by Gasteiger charge is 2.41. The van der Waals surface area contributed by atoms with Crippen LogP contribution >= 0.6 is 11.6 Å². The number of nitrogens with zero attached hydrogens (tertiary/aromatic N) is 6. The molecule has 2 aliphatic rings. The number of hydrogen-bond acceptors (Lipinski definition) is 7. The van der Waals surface area contributed by atoms with Crippen LogP contribution in [0.2, 0.25) is 5.02 Å². The van der Waals surface area contributed by atoms with E-state index in [1.807, 2.05) is 19.1 Å². The van der Waals surface area contributed by atoms with E-state index in [1.165, 1.54) is 12.3 Å². The third-order valence-electron chi connectivity index (χ3n) is 8.56. The molecule has 2 N–H and O–H groups in total. The van der Waals surface area contributed by atoms with Crippen molar-refractivity contribution in [2.45, 2.75) is 58.2 Å². The first-order valence-electron chi connectivity index (χ1n) is 15.1. The van der Waals surface area contributed by atoms with E-state index >= 15 is 0 Å². The first-order chi connectivity index (χ1) is 22.0. The third-order valence-corrected chi connectivity index (χ3v) is 8.79. The van der Waals surface area contributed by atoms with Gasteiger partial charge in [-0.05, 0) is 87.9 Å². The van der Waals surface area contributed by atoms with E-state index in [-0.39, 0.29) is 18.5 Å². The van der Waals surface area contributed by atoms with Crippen molar-refractivity contribution in [1.82, 2.24) is 24.7 Å². The number of nitrogens with two attached hydrogens (primary N) is 1. The fourth-order valence-electron chi connectivity index (χ4n) is 6.00. The highest BCUT2D eigenvalue weighted by atomic mass is 35.5. The lowest BCUT2D eigenvalue weighted by atomic mass is 9.92. The van der Waals surface area contributed by atoms with Gasteiger partial charge in [-0.15, -0.1) is 0 Å². The second kappa shape index (κ2) is 11.2. The molecule has 1 fully saturated rings. The van der Waals surface area contributed by atoms with Crippen LogP contribution in [0, 0.1) is 11.7 Å². The molecule has 0 unspecified atom stereocenters. The maximum atomic E-state index is 13.6. The van der Waals surface area contributed by atoms with Crippen LogP contribution in [0.1, 0.15) is 67.1 Å². The third kappa shape index (κ3) is 5.34. The van der Waals surface area contributed by atoms with Crippen molar-refractivity contribution in [3.8, 4) is 16.9 Å². The second-order valence-electron chi connectivity index (χ2n) is 12.4. The van der Waals surface area contributed by atoms with Gasteiger partial charge in [-0.2, -0.15) is 5.10 Å². The van der Waals surface area contributed by atoms with Crippen LogP contribution in [0.4, 0.5) is 10.1 Å². The fraction of sp³-hybridized carbons (Fsp3) is 0.294. The summed E-state index contributed by atoms with van der Waals surface area (Å²) in [6, 6.07) is 11.6. The first-order valence-corrected chi connectivity index (χ1v) is 15.4. The van der Waals surface area contributed by atoms with Crippen molar-refractivity contribution >= 4 is 40.1 Å². The number of halogens is 2. The van der Waals surface area contributed by atoms with Crippen molar-refractivity contribution in [2.75, 3.05) is 4.90 Å². The zero-order valence-corrected chi connectivity index (χ0v) is 26.3. The Hall–Kier alpha value is -4.90. The molecule has 12 heteroatoms. The van der Waals surface area contributed by atoms with Gasteiger partial charge in [0.1, 0.15) is 11.6 Å². The van der Waals surface area contributed by atoms with Crippen LogP contribution in [0.25, 0.3) is 22.2 Å². The number of benzene rings is 1. The van der Waals surface area contributed by atoms with E-state index in [0.717, 1.165) is 12.8 Å². The Labute approximate surface area is 269 Å². The van der Waals surface area contributed by atoms with Crippen molar-refractivity contribution in [2.24, 2.45) is 11.7 Å². The lowest BCUT2D eigenvalue weighted by Crippen LogP contribution is -2.52. The second-order valence-corrected chi connectivity index (χ2v) is 12.8. The summed E-state index contributed by atoms with van der Waals surface area (Å²) in [5.74, 6) is -0.355. The van der Waals surface area contributed by atoms with Crippen molar-refractivity contribution in [3.05, 3.63) is 94.5 Å². The zero-order valence-electron chi connectivity index (χ0n) is 25.5. The molecule has 1 saturated carbocycles. The Morgan fingerprint density at radius 1 is 1.13 bits per heavy atom. The van der Waals surface area contributed by atoms with E-state index < -0.39 is 17.3 Å². The van der Waals surface area contributed by atoms with Crippen molar-refractivity contribution in [3.63, 3.8) is 0 Å². The number of carbonyl (C=O) groups excluding carboxylic acids is 2. The molecule has 5 aromatic rings. The highest BCUT2D eigenvalue weighted by Crippen LogP contribution is 2.44. The summed E-state index contributed by atoms with van der Waals surface area (Å²) in [7, 11) is 0. The molecular formula is C34H31ClFN7O3. The maximum absolute atomic E-state index is 13.6. The molecule has 2 amide bonds. The number of ether oxygens (including phenoxy) is 1. The quantitative estimate of drug-likeness (QED) is 0.219. The number of aromatic nitrogens is 5. The SMILES string of the molecule is C[C@@H](c1ccc(F)cn1)n1ncc2c(-c3ccc4c(c3)OC(C)(C)C(=O)N4Cc3ccc(Cl)cn3)c(C(N)=O)c(CC3CC3)nc21. The van der Waals surface area contributed by atoms with Gasteiger partial charge in [0.15, 0.2) is 11.2 Å². The van der Waals surface area contributed by atoms with Gasteiger partial charge in [0.05, 0.1) is 58.3 Å². The average molecular weight is 640 g/mol. The minimum atomic E-state index is -1.17. The molecule has 4 aromatic heterocycles. The van der Waals surface area contributed by atoms with Gasteiger partial charge in [-0.25, -0.2) is 14.1 Å². The molecule has 0 spiro atoms. The number of rotatable bonds is 8. The molecule has 46 heavy (non-hydrogen) atoms. The van der Waals surface area contributed by atoms with Gasteiger partial charge in [-0.3, -0.25) is 24.5 Å². The summed E-state index contributed by atoms with van der Waals surface area (Å²) in [5, 5.41) is 5.79. The molecule has 0 saturated heterocycles. The molecule has 1 aliphatic carbocycles. The van der Waals surface area contributed by atoms with Crippen LogP contribution in [-0.2, 0) is 17.8 Å². The first kappa shape index (κ1) is 29.8. The molecule has 234 valence electrons. The molecule has 5 heterocycles. The number of fused-ring (bicyclic) bond motifs is 2. The summed E-state index contributed by atoms with van der Waals surface area (Å²) in [4.78, 5) is 42.0. The van der Waals surface area contributed by atoms with Gasteiger partial charge >= 0.3 is 0 Å². The summed E-state index contributed by atoms with van der Waals surface area (Å²) in [5.41, 5.74) is 9.50. The lowest BCUT2D eigenvalue weighted by Gasteiger charge is -2.39. The summed E-state index contributed by atoms with van der Waals surface area (Å²) < 4.78 is 21.7. The van der Waals surface area contributed by atoms with Crippen LogP contribution in [0.5, 0.6) is 5.75 Å². The normalized spacial score (nSPS) is 16.3. The average Bonchev–Trinajstić information content (AvgIpc) is 3.74. The number of carbonyl (C=O) groups is 2. The smallest absolute Gasteiger partial charge is 0.271 e. The Morgan fingerprint density at radius 3 is 2.61 bits per heavy atom. The number of amides is 2. The van der Waals surface area contributed by atoms with Crippen LogP contribution < -0.4 is 15.4 Å². The summed E-state index contributed by atoms with van der Waals surface area (Å²) in [6.45, 7) is 5.56. The monoisotopic (exact) mass is 639 g/mol. The molecule has 1 aromatic carbocycles. The van der Waals surface area contributed by atoms with Crippen molar-refractivity contribution < 1.29 is 18.7 Å². The van der Waals surface area contributed by atoms with E-state index in [0.29, 0.717) is 73.6 Å². The molecule has 1 aliphatic heterocycles. The Bertz CT molecular complexity index is 2010. The van der Waals surface area contributed by atoms with Crippen molar-refractivity contribution in [1.29, 1.82) is 0 Å². The standard InChI is InChI=1S/C34H31ClFN7O3/c1-18(25-10-8-22(36)15-39-25)43-32-24(16-40-43)29(30(31(37)44)26(41-32)12-19-4-5-19)20-6-11-27-28(13-20)46-34(2,3)33(45)42(27)17-23-9-7-21(35)14-38-23/h6-11,13-16,18-19H,4-5,12,17H2,1-3H3,(H2,37,44)/t18-/m0/s1. The molecule has 0 bridgehead atoms. The fourth-order valence-corrected chi connectivity index (χ4v) is 6.12. The number of hydrogen-bond donors (Lipinski definition) is 1. The number of pyridine rings is 3. The molecule has 0 radical (unpaired) electrons. The molecule has 7 rings (SSSR count).